The number of hydrogen-bond donors (Lipinski definition) is 0. The quantitative estimate of drug-likeness (QED) is 0.357. The highest BCUT2D eigenvalue weighted by Crippen LogP contribution is 2.29. The SMILES string of the molecule is COC(=O)C1CCC(OCCOc2ccc(-c3cc(=O)c4cccc(Cl)c4o3)cc2)CC1. The molecule has 32 heavy (non-hydrogen) atoms. The average molecular weight is 457 g/mol. The van der Waals surface area contributed by atoms with Crippen molar-refractivity contribution in [2.75, 3.05) is 20.3 Å². The van der Waals surface area contributed by atoms with Crippen molar-refractivity contribution >= 4 is 28.5 Å². The Hall–Kier alpha value is -2.83. The van der Waals surface area contributed by atoms with Gasteiger partial charge in [0.2, 0.25) is 0 Å². The summed E-state index contributed by atoms with van der Waals surface area (Å²) in [4.78, 5) is 24.0. The predicted molar refractivity (Wildman–Crippen MR) is 122 cm³/mol. The summed E-state index contributed by atoms with van der Waals surface area (Å²) in [6.07, 6.45) is 3.47. The Morgan fingerprint density at radius 1 is 1.06 bits per heavy atom. The van der Waals surface area contributed by atoms with E-state index in [1.807, 2.05) is 24.3 Å². The molecule has 1 aromatic heterocycles. The molecule has 1 saturated carbocycles. The molecule has 1 heterocycles. The number of rotatable bonds is 7. The first-order chi connectivity index (χ1) is 15.5. The zero-order valence-electron chi connectivity index (χ0n) is 17.8. The molecule has 6 nitrogen and oxygen atoms in total. The van der Waals surface area contributed by atoms with Crippen molar-refractivity contribution in [1.82, 2.24) is 0 Å². The molecule has 0 bridgehead atoms. The maximum atomic E-state index is 12.4. The van der Waals surface area contributed by atoms with Gasteiger partial charge in [-0.1, -0.05) is 17.7 Å². The molecule has 1 aliphatic rings. The third-order valence-corrected chi connectivity index (χ3v) is 6.06. The van der Waals surface area contributed by atoms with Crippen molar-refractivity contribution in [3.63, 3.8) is 0 Å². The van der Waals surface area contributed by atoms with Crippen LogP contribution in [0.15, 0.2) is 57.7 Å². The Kier molecular flexibility index (Phi) is 7.12. The molecule has 3 aromatic rings. The van der Waals surface area contributed by atoms with Crippen LogP contribution >= 0.6 is 11.6 Å². The fourth-order valence-electron chi connectivity index (χ4n) is 4.01. The molecular formula is C25H25ClO6. The molecule has 0 amide bonds. The fraction of sp³-hybridized carbons (Fsp3) is 0.360. The Bertz CT molecular complexity index is 1130. The van der Waals surface area contributed by atoms with E-state index in [0.717, 1.165) is 31.2 Å². The van der Waals surface area contributed by atoms with Gasteiger partial charge in [0.15, 0.2) is 11.0 Å². The van der Waals surface area contributed by atoms with E-state index in [0.29, 0.717) is 40.7 Å². The van der Waals surface area contributed by atoms with Gasteiger partial charge >= 0.3 is 5.97 Å². The van der Waals surface area contributed by atoms with Gasteiger partial charge in [0, 0.05) is 11.6 Å². The number of carbonyl (C=O) groups excluding carboxylic acids is 1. The molecule has 0 atom stereocenters. The maximum Gasteiger partial charge on any atom is 0.308 e. The molecule has 0 saturated heterocycles. The summed E-state index contributed by atoms with van der Waals surface area (Å²) in [6, 6.07) is 13.9. The van der Waals surface area contributed by atoms with Crippen LogP contribution in [0.3, 0.4) is 0 Å². The van der Waals surface area contributed by atoms with Gasteiger partial charge in [-0.3, -0.25) is 9.59 Å². The van der Waals surface area contributed by atoms with E-state index in [4.69, 9.17) is 30.2 Å². The number of esters is 1. The normalized spacial score (nSPS) is 18.4. The minimum atomic E-state index is -0.137. The molecule has 0 radical (unpaired) electrons. The van der Waals surface area contributed by atoms with Gasteiger partial charge in [-0.15, -0.1) is 0 Å². The van der Waals surface area contributed by atoms with Crippen molar-refractivity contribution in [1.29, 1.82) is 0 Å². The number of halogens is 1. The van der Waals surface area contributed by atoms with Crippen molar-refractivity contribution < 1.29 is 23.4 Å². The maximum absolute atomic E-state index is 12.4. The van der Waals surface area contributed by atoms with Crippen LogP contribution in [0.25, 0.3) is 22.3 Å². The Labute approximate surface area is 191 Å². The first-order valence-corrected chi connectivity index (χ1v) is 11.1. The molecule has 0 unspecified atom stereocenters. The molecule has 168 valence electrons. The summed E-state index contributed by atoms with van der Waals surface area (Å²) in [5.74, 6) is 1.03. The first-order valence-electron chi connectivity index (χ1n) is 10.7. The number of ether oxygens (including phenoxy) is 3. The number of benzene rings is 2. The highest BCUT2D eigenvalue weighted by molar-refractivity contribution is 6.34. The number of para-hydroxylation sites is 1. The molecule has 0 N–H and O–H groups in total. The highest BCUT2D eigenvalue weighted by atomic mass is 35.5. The summed E-state index contributed by atoms with van der Waals surface area (Å²) < 4.78 is 22.3. The first kappa shape index (κ1) is 22.4. The van der Waals surface area contributed by atoms with Crippen LogP contribution in [-0.2, 0) is 14.3 Å². The van der Waals surface area contributed by atoms with Gasteiger partial charge in [0.05, 0.1) is 36.1 Å². The van der Waals surface area contributed by atoms with Crippen LogP contribution in [0.5, 0.6) is 5.75 Å². The molecular weight excluding hydrogens is 432 g/mol. The number of fused-ring (bicyclic) bond motifs is 1. The second-order valence-electron chi connectivity index (χ2n) is 7.83. The zero-order valence-corrected chi connectivity index (χ0v) is 18.6. The lowest BCUT2D eigenvalue weighted by Gasteiger charge is -2.26. The summed E-state index contributed by atoms with van der Waals surface area (Å²) >= 11 is 6.18. The Balaban J connectivity index is 1.29. The molecule has 2 aromatic carbocycles. The molecule has 1 fully saturated rings. The monoisotopic (exact) mass is 456 g/mol. The smallest absolute Gasteiger partial charge is 0.308 e. The van der Waals surface area contributed by atoms with Gasteiger partial charge < -0.3 is 18.6 Å². The van der Waals surface area contributed by atoms with Gasteiger partial charge in [0.25, 0.3) is 0 Å². The minimum Gasteiger partial charge on any atom is -0.491 e. The average Bonchev–Trinajstić information content (AvgIpc) is 2.82. The molecule has 4 rings (SSSR count). The molecule has 1 aliphatic carbocycles. The summed E-state index contributed by atoms with van der Waals surface area (Å²) in [5.41, 5.74) is 1.01. The zero-order chi connectivity index (χ0) is 22.5. The second-order valence-corrected chi connectivity index (χ2v) is 8.24. The van der Waals surface area contributed by atoms with Crippen LogP contribution in [-0.4, -0.2) is 32.4 Å². The van der Waals surface area contributed by atoms with E-state index in [9.17, 15) is 9.59 Å². The lowest BCUT2D eigenvalue weighted by atomic mass is 9.87. The standard InChI is InChI=1S/C25H25ClO6/c1-29-25(28)17-7-11-19(12-8-17)31-14-13-30-18-9-5-16(6-10-18)23-15-22(27)20-3-2-4-21(26)24(20)32-23/h2-6,9-10,15,17,19H,7-8,11-14H2,1H3. The lowest BCUT2D eigenvalue weighted by molar-refractivity contribution is -0.147. The largest absolute Gasteiger partial charge is 0.491 e. The summed E-state index contributed by atoms with van der Waals surface area (Å²) in [5, 5.41) is 0.861. The molecule has 0 spiro atoms. The van der Waals surface area contributed by atoms with E-state index < -0.39 is 0 Å². The predicted octanol–water partition coefficient (Wildman–Crippen LogP) is 5.24. The van der Waals surface area contributed by atoms with E-state index >= 15 is 0 Å². The Morgan fingerprint density at radius 3 is 2.53 bits per heavy atom. The number of carbonyl (C=O) groups is 1. The highest BCUT2D eigenvalue weighted by Gasteiger charge is 2.27. The third-order valence-electron chi connectivity index (χ3n) is 5.76. The van der Waals surface area contributed by atoms with Gasteiger partial charge in [-0.2, -0.15) is 0 Å². The Morgan fingerprint density at radius 2 is 1.81 bits per heavy atom. The lowest BCUT2D eigenvalue weighted by Crippen LogP contribution is -2.28. The third kappa shape index (κ3) is 5.14. The summed E-state index contributed by atoms with van der Waals surface area (Å²) in [7, 11) is 1.43. The van der Waals surface area contributed by atoms with Crippen LogP contribution in [0, 0.1) is 5.92 Å². The van der Waals surface area contributed by atoms with Gasteiger partial charge in [0.1, 0.15) is 18.1 Å². The van der Waals surface area contributed by atoms with Crippen molar-refractivity contribution in [3.8, 4) is 17.1 Å². The molecule has 0 aliphatic heterocycles. The van der Waals surface area contributed by atoms with Crippen LogP contribution in [0.4, 0.5) is 0 Å². The van der Waals surface area contributed by atoms with Gasteiger partial charge in [-0.05, 0) is 62.1 Å². The van der Waals surface area contributed by atoms with E-state index in [1.165, 1.54) is 13.2 Å². The van der Waals surface area contributed by atoms with Crippen molar-refractivity contribution in [3.05, 3.63) is 63.8 Å². The number of methoxy groups -OCH3 is 1. The molecule has 7 heteroatoms. The van der Waals surface area contributed by atoms with Gasteiger partial charge in [-0.25, -0.2) is 0 Å². The van der Waals surface area contributed by atoms with Crippen LogP contribution < -0.4 is 10.2 Å². The number of hydrogen-bond acceptors (Lipinski definition) is 6. The topological polar surface area (TPSA) is 75.0 Å². The summed E-state index contributed by atoms with van der Waals surface area (Å²) in [6.45, 7) is 0.907. The van der Waals surface area contributed by atoms with Crippen molar-refractivity contribution in [2.24, 2.45) is 5.92 Å². The van der Waals surface area contributed by atoms with Crippen LogP contribution in [0.2, 0.25) is 5.02 Å². The minimum absolute atomic E-state index is 0.00216. The van der Waals surface area contributed by atoms with E-state index in [2.05, 4.69) is 0 Å². The fourth-order valence-corrected chi connectivity index (χ4v) is 4.22. The van der Waals surface area contributed by atoms with E-state index in [1.54, 1.807) is 18.2 Å². The van der Waals surface area contributed by atoms with E-state index in [-0.39, 0.29) is 23.4 Å². The second kappa shape index (κ2) is 10.2. The van der Waals surface area contributed by atoms with Crippen LogP contribution in [0.1, 0.15) is 25.7 Å². The van der Waals surface area contributed by atoms with Crippen molar-refractivity contribution in [2.45, 2.75) is 31.8 Å².